The van der Waals surface area contributed by atoms with Crippen molar-refractivity contribution in [2.45, 2.75) is 26.3 Å². The van der Waals surface area contributed by atoms with E-state index in [9.17, 15) is 0 Å². The fourth-order valence-electron chi connectivity index (χ4n) is 0.493. The molecule has 0 bridgehead atoms. The van der Waals surface area contributed by atoms with Crippen molar-refractivity contribution in [1.29, 1.82) is 10.5 Å². The number of rotatable bonds is 1. The van der Waals surface area contributed by atoms with Gasteiger partial charge in [-0.05, 0) is 20.8 Å². The summed E-state index contributed by atoms with van der Waals surface area (Å²) in [6.45, 7) is 5.86. The highest BCUT2D eigenvalue weighted by molar-refractivity contribution is 4.92. The zero-order valence-electron chi connectivity index (χ0n) is 6.55. The molecule has 0 aliphatic carbocycles. The van der Waals surface area contributed by atoms with Crippen molar-refractivity contribution in [2.24, 2.45) is 0 Å². The molecular formula is C7H11N3. The van der Waals surface area contributed by atoms with Gasteiger partial charge in [-0.1, -0.05) is 0 Å². The quantitative estimate of drug-likeness (QED) is 0.309. The average Bonchev–Trinajstić information content (AvgIpc) is 1.80. The second-order valence-corrected chi connectivity index (χ2v) is 3.02. The summed E-state index contributed by atoms with van der Waals surface area (Å²) in [5.41, 5.74) is -0.232. The lowest BCUT2D eigenvalue weighted by molar-refractivity contribution is 0.241. The molecule has 0 rings (SSSR count). The summed E-state index contributed by atoms with van der Waals surface area (Å²) >= 11 is 0. The Labute approximate surface area is 61.5 Å². The molecule has 0 spiro atoms. The molecule has 0 aliphatic heterocycles. The second kappa shape index (κ2) is 3.08. The minimum atomic E-state index is -0.232. The van der Waals surface area contributed by atoms with Crippen LogP contribution in [0.5, 0.6) is 0 Å². The predicted molar refractivity (Wildman–Crippen MR) is 37.7 cm³/mol. The molecule has 0 N–H and O–H groups in total. The second-order valence-electron chi connectivity index (χ2n) is 3.02. The summed E-state index contributed by atoms with van der Waals surface area (Å²) in [5, 5.41) is 16.8. The Balaban J connectivity index is 4.14. The Bertz CT molecular complexity index is 176. The molecule has 0 unspecified atom stereocenters. The van der Waals surface area contributed by atoms with Crippen LogP contribution in [0.3, 0.4) is 0 Å². The average molecular weight is 137 g/mol. The van der Waals surface area contributed by atoms with Gasteiger partial charge in [0.15, 0.2) is 6.19 Å². The highest BCUT2D eigenvalue weighted by Gasteiger charge is 2.18. The standard InChI is InChI=1S/C7H11N3/c1-7(2,3)10(6-9)5-4-8/h5H2,1-3H3. The van der Waals surface area contributed by atoms with E-state index in [2.05, 4.69) is 0 Å². The fourth-order valence-corrected chi connectivity index (χ4v) is 0.493. The Morgan fingerprint density at radius 1 is 1.30 bits per heavy atom. The topological polar surface area (TPSA) is 50.8 Å². The van der Waals surface area contributed by atoms with Crippen molar-refractivity contribution in [2.75, 3.05) is 6.54 Å². The van der Waals surface area contributed by atoms with Crippen LogP contribution in [0, 0.1) is 22.8 Å². The van der Waals surface area contributed by atoms with Crippen LogP contribution in [0.25, 0.3) is 0 Å². The first-order valence-electron chi connectivity index (χ1n) is 3.06. The molecule has 0 atom stereocenters. The number of hydrogen-bond donors (Lipinski definition) is 0. The highest BCUT2D eigenvalue weighted by Crippen LogP contribution is 2.09. The van der Waals surface area contributed by atoms with Crippen LogP contribution in [-0.2, 0) is 0 Å². The highest BCUT2D eigenvalue weighted by atomic mass is 15.2. The van der Waals surface area contributed by atoms with Gasteiger partial charge in [-0.3, -0.25) is 4.90 Å². The van der Waals surface area contributed by atoms with E-state index in [4.69, 9.17) is 10.5 Å². The van der Waals surface area contributed by atoms with E-state index < -0.39 is 0 Å². The molecule has 3 heteroatoms. The lowest BCUT2D eigenvalue weighted by Crippen LogP contribution is -2.37. The first kappa shape index (κ1) is 8.78. The summed E-state index contributed by atoms with van der Waals surface area (Å²) in [4.78, 5) is 1.44. The molecule has 0 saturated heterocycles. The van der Waals surface area contributed by atoms with Gasteiger partial charge >= 0.3 is 0 Å². The summed E-state index contributed by atoms with van der Waals surface area (Å²) < 4.78 is 0. The van der Waals surface area contributed by atoms with Crippen molar-refractivity contribution in [3.05, 3.63) is 0 Å². The maximum absolute atomic E-state index is 8.52. The normalized spacial score (nSPS) is 9.70. The van der Waals surface area contributed by atoms with Gasteiger partial charge in [-0.25, -0.2) is 0 Å². The van der Waals surface area contributed by atoms with Crippen molar-refractivity contribution >= 4 is 0 Å². The third-order valence-corrected chi connectivity index (χ3v) is 1.16. The van der Waals surface area contributed by atoms with Crippen LogP contribution in [0.4, 0.5) is 0 Å². The molecule has 3 nitrogen and oxygen atoms in total. The summed E-state index contributed by atoms with van der Waals surface area (Å²) in [6, 6.07) is 1.93. The van der Waals surface area contributed by atoms with Gasteiger partial charge in [-0.15, -0.1) is 0 Å². The lowest BCUT2D eigenvalue weighted by Gasteiger charge is -2.27. The molecule has 0 radical (unpaired) electrons. The molecule has 0 fully saturated rings. The van der Waals surface area contributed by atoms with Crippen LogP contribution in [0.2, 0.25) is 0 Å². The smallest absolute Gasteiger partial charge is 0.180 e. The van der Waals surface area contributed by atoms with E-state index in [1.165, 1.54) is 4.90 Å². The molecule has 0 aromatic rings. The first-order valence-corrected chi connectivity index (χ1v) is 3.06. The summed E-state index contributed by atoms with van der Waals surface area (Å²) in [6.07, 6.45) is 1.95. The minimum Gasteiger partial charge on any atom is -0.291 e. The van der Waals surface area contributed by atoms with Gasteiger partial charge in [0.25, 0.3) is 0 Å². The van der Waals surface area contributed by atoms with Crippen LogP contribution in [0.1, 0.15) is 20.8 Å². The Morgan fingerprint density at radius 3 is 1.90 bits per heavy atom. The van der Waals surface area contributed by atoms with E-state index in [-0.39, 0.29) is 12.1 Å². The van der Waals surface area contributed by atoms with Gasteiger partial charge in [0.2, 0.25) is 0 Å². The van der Waals surface area contributed by atoms with Crippen LogP contribution >= 0.6 is 0 Å². The van der Waals surface area contributed by atoms with Crippen molar-refractivity contribution < 1.29 is 0 Å². The molecule has 0 aromatic carbocycles. The van der Waals surface area contributed by atoms with E-state index in [0.717, 1.165) is 0 Å². The first-order chi connectivity index (χ1) is 4.52. The zero-order chi connectivity index (χ0) is 8.20. The van der Waals surface area contributed by atoms with E-state index >= 15 is 0 Å². The largest absolute Gasteiger partial charge is 0.291 e. The van der Waals surface area contributed by atoms with Gasteiger partial charge in [0.05, 0.1) is 6.07 Å². The van der Waals surface area contributed by atoms with Crippen molar-refractivity contribution in [3.8, 4) is 12.3 Å². The number of nitrogens with zero attached hydrogens (tertiary/aromatic N) is 3. The third-order valence-electron chi connectivity index (χ3n) is 1.16. The predicted octanol–water partition coefficient (Wildman–Crippen LogP) is 1.09. The van der Waals surface area contributed by atoms with Gasteiger partial charge in [0, 0.05) is 5.54 Å². The third kappa shape index (κ3) is 2.37. The van der Waals surface area contributed by atoms with Crippen molar-refractivity contribution in [1.82, 2.24) is 4.90 Å². The molecule has 54 valence electrons. The van der Waals surface area contributed by atoms with Crippen LogP contribution in [0.15, 0.2) is 0 Å². The molecule has 0 aromatic heterocycles. The van der Waals surface area contributed by atoms with Crippen molar-refractivity contribution in [3.63, 3.8) is 0 Å². The zero-order valence-corrected chi connectivity index (χ0v) is 6.55. The molecule has 0 heterocycles. The number of hydrogen-bond acceptors (Lipinski definition) is 3. The van der Waals surface area contributed by atoms with E-state index in [0.29, 0.717) is 0 Å². The monoisotopic (exact) mass is 137 g/mol. The Morgan fingerprint density at radius 2 is 1.80 bits per heavy atom. The van der Waals surface area contributed by atoms with Crippen LogP contribution < -0.4 is 0 Å². The molecule has 0 aliphatic rings. The van der Waals surface area contributed by atoms with E-state index in [1.54, 1.807) is 0 Å². The molecule has 0 amide bonds. The van der Waals surface area contributed by atoms with Crippen LogP contribution in [-0.4, -0.2) is 17.0 Å². The maximum Gasteiger partial charge on any atom is 0.180 e. The van der Waals surface area contributed by atoms with Gasteiger partial charge < -0.3 is 0 Å². The van der Waals surface area contributed by atoms with E-state index in [1.807, 2.05) is 33.0 Å². The fraction of sp³-hybridized carbons (Fsp3) is 0.714. The lowest BCUT2D eigenvalue weighted by atomic mass is 10.1. The minimum absolute atomic E-state index is 0.167. The van der Waals surface area contributed by atoms with Gasteiger partial charge in [-0.2, -0.15) is 10.5 Å². The number of nitriles is 2. The summed E-state index contributed by atoms with van der Waals surface area (Å²) in [5.74, 6) is 0. The summed E-state index contributed by atoms with van der Waals surface area (Å²) in [7, 11) is 0. The Kier molecular flexibility index (Phi) is 2.70. The molecular weight excluding hydrogens is 126 g/mol. The maximum atomic E-state index is 8.52. The molecule has 0 saturated carbocycles. The Hall–Kier alpha value is -1.22. The molecule has 10 heavy (non-hydrogen) atoms. The van der Waals surface area contributed by atoms with Gasteiger partial charge in [0.1, 0.15) is 6.54 Å². The SMILES string of the molecule is CC(C)(C)N(C#N)CC#N.